The van der Waals surface area contributed by atoms with E-state index in [0.717, 1.165) is 26.2 Å². The number of carbonyl (C=O) groups excluding carboxylic acids is 1. The largest absolute Gasteiger partial charge is 0.395 e. The number of benzene rings is 1. The molecule has 1 saturated heterocycles. The molecule has 0 atom stereocenters. The lowest BCUT2D eigenvalue weighted by Crippen LogP contribution is -2.49. The number of thiocarbonyl (C=S) groups is 1. The van der Waals surface area contributed by atoms with Crippen molar-refractivity contribution in [2.75, 3.05) is 51.2 Å². The van der Waals surface area contributed by atoms with E-state index < -0.39 is 0 Å². The number of nitrogens with two attached hydrogens (primary N) is 1. The van der Waals surface area contributed by atoms with Crippen molar-refractivity contribution in [1.82, 2.24) is 9.80 Å². The number of nitrogens with zero attached hydrogens (tertiary/aromatic N) is 2. The third kappa shape index (κ3) is 4.74. The van der Waals surface area contributed by atoms with Gasteiger partial charge in [0, 0.05) is 38.3 Å². The fourth-order valence-electron chi connectivity index (χ4n) is 2.51. The molecule has 0 bridgehead atoms. The highest BCUT2D eigenvalue weighted by molar-refractivity contribution is 7.80. The first-order valence-electron chi connectivity index (χ1n) is 7.34. The molecule has 0 saturated carbocycles. The summed E-state index contributed by atoms with van der Waals surface area (Å²) >= 11 is 4.99. The molecule has 120 valence electrons. The van der Waals surface area contributed by atoms with Crippen LogP contribution in [0.3, 0.4) is 0 Å². The minimum Gasteiger partial charge on any atom is -0.395 e. The van der Waals surface area contributed by atoms with Gasteiger partial charge in [0.25, 0.3) is 0 Å². The Morgan fingerprint density at radius 2 is 1.86 bits per heavy atom. The number of rotatable bonds is 6. The van der Waals surface area contributed by atoms with Crippen LogP contribution < -0.4 is 11.1 Å². The zero-order valence-electron chi connectivity index (χ0n) is 12.5. The van der Waals surface area contributed by atoms with E-state index in [1.54, 1.807) is 12.1 Å². The standard InChI is InChI=1S/C15H22N4O2S/c16-15(22)12-3-1-2-4-13(12)17-14(21)11-19-7-5-18(6-8-19)9-10-20/h1-4,20H,5-11H2,(H2,16,22)(H,17,21). The molecule has 1 amide bonds. The van der Waals surface area contributed by atoms with Gasteiger partial charge in [0.15, 0.2) is 0 Å². The molecule has 0 unspecified atom stereocenters. The van der Waals surface area contributed by atoms with Crippen LogP contribution in [0.4, 0.5) is 5.69 Å². The van der Waals surface area contributed by atoms with Crippen LogP contribution in [0.5, 0.6) is 0 Å². The van der Waals surface area contributed by atoms with Gasteiger partial charge in [-0.15, -0.1) is 0 Å². The van der Waals surface area contributed by atoms with Gasteiger partial charge in [0.1, 0.15) is 4.99 Å². The molecule has 0 aliphatic carbocycles. The van der Waals surface area contributed by atoms with E-state index in [1.807, 2.05) is 12.1 Å². The van der Waals surface area contributed by atoms with Gasteiger partial charge in [-0.05, 0) is 12.1 Å². The molecule has 6 nitrogen and oxygen atoms in total. The van der Waals surface area contributed by atoms with Crippen molar-refractivity contribution in [3.8, 4) is 0 Å². The summed E-state index contributed by atoms with van der Waals surface area (Å²) in [6.07, 6.45) is 0. The summed E-state index contributed by atoms with van der Waals surface area (Å²) in [7, 11) is 0. The number of hydrogen-bond acceptors (Lipinski definition) is 5. The van der Waals surface area contributed by atoms with Crippen molar-refractivity contribution in [2.45, 2.75) is 0 Å². The summed E-state index contributed by atoms with van der Waals surface area (Å²) < 4.78 is 0. The molecule has 1 aromatic rings. The number of carbonyl (C=O) groups is 1. The molecule has 4 N–H and O–H groups in total. The fraction of sp³-hybridized carbons (Fsp3) is 0.467. The second-order valence-electron chi connectivity index (χ2n) is 5.30. The summed E-state index contributed by atoms with van der Waals surface area (Å²) in [6, 6.07) is 7.27. The smallest absolute Gasteiger partial charge is 0.238 e. The number of hydrogen-bond donors (Lipinski definition) is 3. The highest BCUT2D eigenvalue weighted by Crippen LogP contribution is 2.14. The van der Waals surface area contributed by atoms with Crippen molar-refractivity contribution in [2.24, 2.45) is 5.73 Å². The first-order chi connectivity index (χ1) is 10.6. The van der Waals surface area contributed by atoms with Gasteiger partial charge in [-0.1, -0.05) is 24.4 Å². The van der Waals surface area contributed by atoms with E-state index in [4.69, 9.17) is 23.1 Å². The normalized spacial score (nSPS) is 16.4. The van der Waals surface area contributed by atoms with Crippen molar-refractivity contribution >= 4 is 28.8 Å². The molecule has 1 aromatic carbocycles. The Morgan fingerprint density at radius 1 is 1.23 bits per heavy atom. The number of β-amino-alcohol motifs (C(OH)–C–C–N with tert-alkyl or cyclic N) is 1. The van der Waals surface area contributed by atoms with Gasteiger partial charge >= 0.3 is 0 Å². The Hall–Kier alpha value is -1.54. The maximum absolute atomic E-state index is 12.2. The van der Waals surface area contributed by atoms with Gasteiger partial charge in [0.2, 0.25) is 5.91 Å². The Labute approximate surface area is 135 Å². The van der Waals surface area contributed by atoms with Crippen LogP contribution in [-0.4, -0.2) is 71.7 Å². The quantitative estimate of drug-likeness (QED) is 0.633. The van der Waals surface area contributed by atoms with E-state index in [2.05, 4.69) is 15.1 Å². The third-order valence-electron chi connectivity index (χ3n) is 3.71. The molecule has 0 radical (unpaired) electrons. The van der Waals surface area contributed by atoms with Crippen LogP contribution in [0.15, 0.2) is 24.3 Å². The molecule has 2 rings (SSSR count). The van der Waals surface area contributed by atoms with E-state index >= 15 is 0 Å². The van der Waals surface area contributed by atoms with Crippen LogP contribution in [-0.2, 0) is 4.79 Å². The van der Waals surface area contributed by atoms with E-state index in [1.165, 1.54) is 0 Å². The number of aliphatic hydroxyl groups is 1. The van der Waals surface area contributed by atoms with Gasteiger partial charge < -0.3 is 16.2 Å². The Morgan fingerprint density at radius 3 is 2.50 bits per heavy atom. The van der Waals surface area contributed by atoms with Crippen LogP contribution in [0.25, 0.3) is 0 Å². The summed E-state index contributed by atoms with van der Waals surface area (Å²) in [5.74, 6) is -0.0701. The number of anilines is 1. The third-order valence-corrected chi connectivity index (χ3v) is 3.93. The van der Waals surface area contributed by atoms with Crippen LogP contribution in [0, 0.1) is 0 Å². The summed E-state index contributed by atoms with van der Waals surface area (Å²) in [5.41, 5.74) is 6.99. The Bertz CT molecular complexity index is 530. The molecule has 1 aliphatic rings. The molecule has 22 heavy (non-hydrogen) atoms. The molecule has 1 heterocycles. The van der Waals surface area contributed by atoms with Crippen molar-refractivity contribution in [3.63, 3.8) is 0 Å². The molecular formula is C15H22N4O2S. The minimum atomic E-state index is -0.0701. The van der Waals surface area contributed by atoms with Crippen molar-refractivity contribution in [1.29, 1.82) is 0 Å². The molecule has 1 fully saturated rings. The predicted octanol–water partition coefficient (Wildman–Crippen LogP) is -0.131. The molecule has 0 spiro atoms. The number of piperazine rings is 1. The topological polar surface area (TPSA) is 81.8 Å². The van der Waals surface area contributed by atoms with Gasteiger partial charge in [-0.25, -0.2) is 0 Å². The molecule has 7 heteroatoms. The Kier molecular flexibility index (Phi) is 6.26. The number of para-hydroxylation sites is 1. The number of aliphatic hydroxyl groups excluding tert-OH is 1. The highest BCUT2D eigenvalue weighted by atomic mass is 32.1. The maximum Gasteiger partial charge on any atom is 0.238 e. The minimum absolute atomic E-state index is 0.0701. The zero-order valence-corrected chi connectivity index (χ0v) is 13.3. The lowest BCUT2D eigenvalue weighted by atomic mass is 10.2. The molecular weight excluding hydrogens is 300 g/mol. The number of nitrogens with one attached hydrogen (secondary N) is 1. The first-order valence-corrected chi connectivity index (χ1v) is 7.75. The van der Waals surface area contributed by atoms with Gasteiger partial charge in [-0.3, -0.25) is 14.6 Å². The summed E-state index contributed by atoms with van der Waals surface area (Å²) in [5, 5.41) is 11.8. The monoisotopic (exact) mass is 322 g/mol. The van der Waals surface area contributed by atoms with Gasteiger partial charge in [-0.2, -0.15) is 0 Å². The van der Waals surface area contributed by atoms with E-state index in [-0.39, 0.29) is 17.5 Å². The summed E-state index contributed by atoms with van der Waals surface area (Å²) in [6.45, 7) is 4.61. The lowest BCUT2D eigenvalue weighted by molar-refractivity contribution is -0.117. The lowest BCUT2D eigenvalue weighted by Gasteiger charge is -2.33. The zero-order chi connectivity index (χ0) is 15.9. The average molecular weight is 322 g/mol. The predicted molar refractivity (Wildman–Crippen MR) is 90.9 cm³/mol. The molecule has 0 aromatic heterocycles. The second kappa shape index (κ2) is 8.19. The molecule has 1 aliphatic heterocycles. The van der Waals surface area contributed by atoms with Crippen molar-refractivity contribution < 1.29 is 9.90 Å². The summed E-state index contributed by atoms with van der Waals surface area (Å²) in [4.78, 5) is 16.7. The first kappa shape index (κ1) is 16.8. The van der Waals surface area contributed by atoms with E-state index in [9.17, 15) is 4.79 Å². The van der Waals surface area contributed by atoms with Crippen molar-refractivity contribution in [3.05, 3.63) is 29.8 Å². The Balaban J connectivity index is 1.85. The van der Waals surface area contributed by atoms with Crippen LogP contribution in [0.2, 0.25) is 0 Å². The number of amides is 1. The fourth-order valence-corrected chi connectivity index (χ4v) is 2.69. The van der Waals surface area contributed by atoms with Crippen LogP contribution >= 0.6 is 12.2 Å². The van der Waals surface area contributed by atoms with E-state index in [0.29, 0.717) is 24.3 Å². The highest BCUT2D eigenvalue weighted by Gasteiger charge is 2.19. The SMILES string of the molecule is NC(=S)c1ccccc1NC(=O)CN1CCN(CCO)CC1. The maximum atomic E-state index is 12.2. The average Bonchev–Trinajstić information content (AvgIpc) is 2.50. The second-order valence-corrected chi connectivity index (χ2v) is 5.74. The van der Waals surface area contributed by atoms with Gasteiger partial charge in [0.05, 0.1) is 18.8 Å². The van der Waals surface area contributed by atoms with Crippen LogP contribution in [0.1, 0.15) is 5.56 Å².